The second-order valence-electron chi connectivity index (χ2n) is 4.94. The molecular formula is C14H17NO2S. The van der Waals surface area contributed by atoms with Crippen molar-refractivity contribution >= 4 is 20.6 Å². The van der Waals surface area contributed by atoms with Crippen LogP contribution < -0.4 is 5.73 Å². The lowest BCUT2D eigenvalue weighted by Crippen LogP contribution is -2.39. The number of sulfone groups is 1. The van der Waals surface area contributed by atoms with Gasteiger partial charge in [0, 0.05) is 11.9 Å². The van der Waals surface area contributed by atoms with Gasteiger partial charge in [-0.1, -0.05) is 36.4 Å². The van der Waals surface area contributed by atoms with Gasteiger partial charge in [0.25, 0.3) is 0 Å². The lowest BCUT2D eigenvalue weighted by atomic mass is 10.1. The first-order valence-electron chi connectivity index (χ1n) is 5.82. The van der Waals surface area contributed by atoms with Gasteiger partial charge in [0.05, 0.1) is 9.64 Å². The van der Waals surface area contributed by atoms with Gasteiger partial charge < -0.3 is 5.73 Å². The molecule has 2 rings (SSSR count). The lowest BCUT2D eigenvalue weighted by Gasteiger charge is -2.23. The predicted octanol–water partition coefficient (Wildman–Crippen LogP) is 2.35. The van der Waals surface area contributed by atoms with Gasteiger partial charge in [-0.2, -0.15) is 0 Å². The average Bonchev–Trinajstić information content (AvgIpc) is 2.37. The Morgan fingerprint density at radius 2 is 1.67 bits per heavy atom. The minimum absolute atomic E-state index is 0.0958. The zero-order valence-electron chi connectivity index (χ0n) is 10.6. The maximum Gasteiger partial charge on any atom is 0.185 e. The van der Waals surface area contributed by atoms with Gasteiger partial charge >= 0.3 is 0 Å². The number of benzene rings is 2. The van der Waals surface area contributed by atoms with Crippen molar-refractivity contribution in [3.63, 3.8) is 0 Å². The van der Waals surface area contributed by atoms with E-state index >= 15 is 0 Å². The summed E-state index contributed by atoms with van der Waals surface area (Å²) in [5, 5.41) is 1.67. The normalized spacial score (nSPS) is 12.8. The van der Waals surface area contributed by atoms with E-state index in [1.54, 1.807) is 26.0 Å². The molecule has 0 aromatic heterocycles. The smallest absolute Gasteiger partial charge is 0.185 e. The third-order valence-electron chi connectivity index (χ3n) is 3.26. The molecule has 0 fully saturated rings. The molecule has 0 aliphatic carbocycles. The van der Waals surface area contributed by atoms with Gasteiger partial charge in [-0.3, -0.25) is 0 Å². The van der Waals surface area contributed by atoms with E-state index in [0.29, 0.717) is 4.90 Å². The highest BCUT2D eigenvalue weighted by molar-refractivity contribution is 7.93. The summed E-state index contributed by atoms with van der Waals surface area (Å²) in [5.74, 6) is 0. The number of hydrogen-bond donors (Lipinski definition) is 1. The largest absolute Gasteiger partial charge is 0.329 e. The van der Waals surface area contributed by atoms with E-state index in [2.05, 4.69) is 0 Å². The molecule has 0 radical (unpaired) electrons. The van der Waals surface area contributed by atoms with Gasteiger partial charge in [0.15, 0.2) is 9.84 Å². The highest BCUT2D eigenvalue weighted by Crippen LogP contribution is 2.30. The summed E-state index contributed by atoms with van der Waals surface area (Å²) < 4.78 is 24.3. The highest BCUT2D eigenvalue weighted by atomic mass is 32.2. The van der Waals surface area contributed by atoms with Gasteiger partial charge in [-0.05, 0) is 25.3 Å². The number of rotatable bonds is 3. The second-order valence-corrected chi connectivity index (χ2v) is 7.50. The molecule has 0 aliphatic heterocycles. The van der Waals surface area contributed by atoms with E-state index in [4.69, 9.17) is 5.73 Å². The second kappa shape index (κ2) is 4.37. The molecule has 2 N–H and O–H groups in total. The van der Waals surface area contributed by atoms with Crippen LogP contribution in [0.25, 0.3) is 10.8 Å². The monoisotopic (exact) mass is 263 g/mol. The molecule has 0 saturated heterocycles. The molecule has 4 heteroatoms. The van der Waals surface area contributed by atoms with Crippen LogP contribution in [0.15, 0.2) is 47.4 Å². The van der Waals surface area contributed by atoms with Crippen LogP contribution in [-0.4, -0.2) is 19.7 Å². The number of hydrogen-bond acceptors (Lipinski definition) is 3. The highest BCUT2D eigenvalue weighted by Gasteiger charge is 2.35. The Labute approximate surface area is 108 Å². The molecule has 0 unspecified atom stereocenters. The molecule has 0 aliphatic rings. The van der Waals surface area contributed by atoms with Crippen molar-refractivity contribution in [3.8, 4) is 0 Å². The summed E-state index contributed by atoms with van der Waals surface area (Å²) in [6, 6.07) is 12.8. The Morgan fingerprint density at radius 1 is 1.06 bits per heavy atom. The predicted molar refractivity (Wildman–Crippen MR) is 74.3 cm³/mol. The fraction of sp³-hybridized carbons (Fsp3) is 0.286. The van der Waals surface area contributed by atoms with Crippen LogP contribution in [0.2, 0.25) is 0 Å². The molecule has 0 heterocycles. The zero-order valence-corrected chi connectivity index (χ0v) is 11.4. The van der Waals surface area contributed by atoms with Crippen molar-refractivity contribution in [3.05, 3.63) is 42.5 Å². The molecule has 2 aromatic carbocycles. The molecule has 0 spiro atoms. The number of nitrogens with two attached hydrogens (primary N) is 1. The van der Waals surface area contributed by atoms with Crippen molar-refractivity contribution in [1.29, 1.82) is 0 Å². The maximum atomic E-state index is 12.6. The first-order chi connectivity index (χ1) is 8.40. The van der Waals surface area contributed by atoms with E-state index in [1.165, 1.54) is 0 Å². The first kappa shape index (κ1) is 13.1. The molecule has 0 saturated carbocycles. The molecular weight excluding hydrogens is 246 g/mol. The van der Waals surface area contributed by atoms with Crippen LogP contribution >= 0.6 is 0 Å². The molecule has 18 heavy (non-hydrogen) atoms. The summed E-state index contributed by atoms with van der Waals surface area (Å²) in [4.78, 5) is 0.357. The molecule has 3 nitrogen and oxygen atoms in total. The van der Waals surface area contributed by atoms with Crippen LogP contribution in [-0.2, 0) is 9.84 Å². The quantitative estimate of drug-likeness (QED) is 0.924. The SMILES string of the molecule is CC(C)(CN)S(=O)(=O)c1cccc2ccccc12. The summed E-state index contributed by atoms with van der Waals surface area (Å²) in [6.45, 7) is 3.41. The van der Waals surface area contributed by atoms with Crippen LogP contribution in [0.5, 0.6) is 0 Å². The van der Waals surface area contributed by atoms with Crippen LogP contribution in [0.4, 0.5) is 0 Å². The van der Waals surface area contributed by atoms with Crippen molar-refractivity contribution < 1.29 is 8.42 Å². The van der Waals surface area contributed by atoms with E-state index < -0.39 is 14.6 Å². The van der Waals surface area contributed by atoms with Gasteiger partial charge in [-0.15, -0.1) is 0 Å². The molecule has 0 atom stereocenters. The van der Waals surface area contributed by atoms with Crippen LogP contribution in [0.1, 0.15) is 13.8 Å². The molecule has 0 amide bonds. The Morgan fingerprint density at radius 3 is 2.33 bits per heavy atom. The summed E-state index contributed by atoms with van der Waals surface area (Å²) in [5.41, 5.74) is 5.59. The van der Waals surface area contributed by atoms with Gasteiger partial charge in [-0.25, -0.2) is 8.42 Å². The lowest BCUT2D eigenvalue weighted by molar-refractivity contribution is 0.550. The molecule has 2 aromatic rings. The van der Waals surface area contributed by atoms with Crippen molar-refractivity contribution in [1.82, 2.24) is 0 Å². The van der Waals surface area contributed by atoms with Crippen LogP contribution in [0, 0.1) is 0 Å². The average molecular weight is 263 g/mol. The fourth-order valence-electron chi connectivity index (χ4n) is 1.84. The number of fused-ring (bicyclic) bond motifs is 1. The van der Waals surface area contributed by atoms with Gasteiger partial charge in [0.2, 0.25) is 0 Å². The van der Waals surface area contributed by atoms with Crippen molar-refractivity contribution in [2.45, 2.75) is 23.5 Å². The van der Waals surface area contributed by atoms with Crippen molar-refractivity contribution in [2.75, 3.05) is 6.54 Å². The third kappa shape index (κ3) is 1.91. The van der Waals surface area contributed by atoms with Gasteiger partial charge in [0.1, 0.15) is 0 Å². The van der Waals surface area contributed by atoms with E-state index in [9.17, 15) is 8.42 Å². The Hall–Kier alpha value is -1.39. The molecule has 96 valence electrons. The van der Waals surface area contributed by atoms with E-state index in [-0.39, 0.29) is 6.54 Å². The van der Waals surface area contributed by atoms with E-state index in [1.807, 2.05) is 30.3 Å². The Kier molecular flexibility index (Phi) is 3.17. The topological polar surface area (TPSA) is 60.2 Å². The van der Waals surface area contributed by atoms with E-state index in [0.717, 1.165) is 10.8 Å². The summed E-state index contributed by atoms with van der Waals surface area (Å²) in [7, 11) is -3.44. The Bertz CT molecular complexity index is 670. The minimum Gasteiger partial charge on any atom is -0.329 e. The summed E-state index contributed by atoms with van der Waals surface area (Å²) in [6.07, 6.45) is 0. The minimum atomic E-state index is -3.44. The van der Waals surface area contributed by atoms with Crippen LogP contribution in [0.3, 0.4) is 0 Å². The first-order valence-corrected chi connectivity index (χ1v) is 7.31. The zero-order chi connectivity index (χ0) is 13.4. The van der Waals surface area contributed by atoms with Crippen molar-refractivity contribution in [2.24, 2.45) is 5.73 Å². The third-order valence-corrected chi connectivity index (χ3v) is 5.81. The molecule has 0 bridgehead atoms. The standard InChI is InChI=1S/C14H17NO2S/c1-14(2,10-15)18(16,17)13-9-5-7-11-6-3-4-8-12(11)13/h3-9H,10,15H2,1-2H3. The summed E-state index contributed by atoms with van der Waals surface area (Å²) >= 11 is 0. The maximum absolute atomic E-state index is 12.6. The fourth-order valence-corrected chi connectivity index (χ4v) is 3.39. The Balaban J connectivity index is 2.77.